The number of furan rings is 1. The summed E-state index contributed by atoms with van der Waals surface area (Å²) in [6.45, 7) is 1.90. The van der Waals surface area contributed by atoms with Gasteiger partial charge in [0.05, 0.1) is 36.2 Å². The molecule has 0 radical (unpaired) electrons. The van der Waals surface area contributed by atoms with Gasteiger partial charge in [-0.25, -0.2) is 0 Å². The third-order valence-electron chi connectivity index (χ3n) is 2.22. The number of nitrogens with two attached hydrogens (primary N) is 1. The number of aryl methyl sites for hydroxylation is 1. The second-order valence-corrected chi connectivity index (χ2v) is 3.52. The summed E-state index contributed by atoms with van der Waals surface area (Å²) < 4.78 is 4.98. The van der Waals surface area contributed by atoms with Crippen molar-refractivity contribution in [1.82, 2.24) is 9.97 Å². The first-order chi connectivity index (χ1) is 7.25. The molecule has 0 bridgehead atoms. The Morgan fingerprint density at radius 1 is 1.40 bits per heavy atom. The molecular formula is C11H13N3O. The highest BCUT2D eigenvalue weighted by Gasteiger charge is 2.09. The number of hydrogen-bond donors (Lipinski definition) is 1. The van der Waals surface area contributed by atoms with Gasteiger partial charge in [0, 0.05) is 6.20 Å². The zero-order valence-electron chi connectivity index (χ0n) is 8.55. The van der Waals surface area contributed by atoms with Gasteiger partial charge in [-0.2, -0.15) is 0 Å². The highest BCUT2D eigenvalue weighted by Crippen LogP contribution is 2.13. The fourth-order valence-corrected chi connectivity index (χ4v) is 1.36. The zero-order chi connectivity index (χ0) is 10.7. The Morgan fingerprint density at radius 3 is 2.87 bits per heavy atom. The van der Waals surface area contributed by atoms with E-state index in [-0.39, 0.29) is 6.04 Å². The molecule has 15 heavy (non-hydrogen) atoms. The van der Waals surface area contributed by atoms with Gasteiger partial charge >= 0.3 is 0 Å². The normalized spacial score (nSPS) is 12.7. The summed E-state index contributed by atoms with van der Waals surface area (Å²) in [4.78, 5) is 8.40. The molecule has 0 aliphatic heterocycles. The molecule has 2 N–H and O–H groups in total. The number of rotatable bonds is 3. The van der Waals surface area contributed by atoms with E-state index in [1.807, 2.05) is 13.0 Å². The Labute approximate surface area is 88.2 Å². The lowest BCUT2D eigenvalue weighted by molar-refractivity contribution is 0.560. The molecule has 1 atom stereocenters. The summed E-state index contributed by atoms with van der Waals surface area (Å²) in [6, 6.07) is 1.78. The molecule has 4 heteroatoms. The van der Waals surface area contributed by atoms with Crippen LogP contribution in [0.25, 0.3) is 0 Å². The average molecular weight is 203 g/mol. The van der Waals surface area contributed by atoms with Gasteiger partial charge < -0.3 is 10.2 Å². The lowest BCUT2D eigenvalue weighted by Crippen LogP contribution is -2.15. The minimum Gasteiger partial charge on any atom is -0.472 e. The van der Waals surface area contributed by atoms with E-state index in [0.29, 0.717) is 6.42 Å². The number of aromatic nitrogens is 2. The van der Waals surface area contributed by atoms with Crippen LogP contribution in [0.5, 0.6) is 0 Å². The highest BCUT2D eigenvalue weighted by atomic mass is 16.3. The molecule has 78 valence electrons. The van der Waals surface area contributed by atoms with Gasteiger partial charge in [-0.15, -0.1) is 0 Å². The van der Waals surface area contributed by atoms with Crippen LogP contribution in [0.3, 0.4) is 0 Å². The second-order valence-electron chi connectivity index (χ2n) is 3.52. The molecule has 2 aromatic heterocycles. The molecule has 0 aliphatic rings. The minimum atomic E-state index is -0.129. The van der Waals surface area contributed by atoms with E-state index < -0.39 is 0 Å². The Hall–Kier alpha value is -1.68. The van der Waals surface area contributed by atoms with Crippen molar-refractivity contribution < 1.29 is 4.42 Å². The lowest BCUT2D eigenvalue weighted by Gasteiger charge is -2.08. The van der Waals surface area contributed by atoms with Gasteiger partial charge in [-0.3, -0.25) is 9.97 Å². The van der Waals surface area contributed by atoms with Crippen molar-refractivity contribution in [3.63, 3.8) is 0 Å². The van der Waals surface area contributed by atoms with Crippen LogP contribution < -0.4 is 5.73 Å². The van der Waals surface area contributed by atoms with Crippen LogP contribution in [0.2, 0.25) is 0 Å². The van der Waals surface area contributed by atoms with Gasteiger partial charge in [0.25, 0.3) is 0 Å². The highest BCUT2D eigenvalue weighted by molar-refractivity contribution is 5.13. The van der Waals surface area contributed by atoms with E-state index >= 15 is 0 Å². The molecule has 0 aliphatic carbocycles. The van der Waals surface area contributed by atoms with Crippen LogP contribution in [0.15, 0.2) is 35.4 Å². The maximum atomic E-state index is 5.99. The van der Waals surface area contributed by atoms with Crippen molar-refractivity contribution in [2.45, 2.75) is 19.4 Å². The van der Waals surface area contributed by atoms with Gasteiger partial charge in [0.2, 0.25) is 0 Å². The van der Waals surface area contributed by atoms with E-state index in [4.69, 9.17) is 10.2 Å². The topological polar surface area (TPSA) is 64.9 Å². The van der Waals surface area contributed by atoms with Crippen molar-refractivity contribution in [3.05, 3.63) is 47.9 Å². The minimum absolute atomic E-state index is 0.129. The maximum Gasteiger partial charge on any atom is 0.0935 e. The molecule has 0 amide bonds. The van der Waals surface area contributed by atoms with E-state index in [1.165, 1.54) is 0 Å². The average Bonchev–Trinajstić information content (AvgIpc) is 2.71. The van der Waals surface area contributed by atoms with Crippen LogP contribution >= 0.6 is 0 Å². The van der Waals surface area contributed by atoms with Crippen LogP contribution in [-0.2, 0) is 6.42 Å². The Kier molecular flexibility index (Phi) is 2.78. The first kappa shape index (κ1) is 9.86. The lowest BCUT2D eigenvalue weighted by atomic mass is 10.1. The van der Waals surface area contributed by atoms with E-state index in [9.17, 15) is 0 Å². The van der Waals surface area contributed by atoms with Crippen LogP contribution in [0, 0.1) is 6.92 Å². The molecule has 4 nitrogen and oxygen atoms in total. The molecule has 2 heterocycles. The van der Waals surface area contributed by atoms with Crippen LogP contribution in [0.1, 0.15) is 23.0 Å². The van der Waals surface area contributed by atoms with Gasteiger partial charge in [0.1, 0.15) is 0 Å². The smallest absolute Gasteiger partial charge is 0.0935 e. The van der Waals surface area contributed by atoms with Gasteiger partial charge in [0.15, 0.2) is 0 Å². The number of hydrogen-bond acceptors (Lipinski definition) is 4. The molecule has 0 aromatic carbocycles. The fraction of sp³-hybridized carbons (Fsp3) is 0.273. The largest absolute Gasteiger partial charge is 0.472 e. The molecule has 1 unspecified atom stereocenters. The Morgan fingerprint density at radius 2 is 2.27 bits per heavy atom. The van der Waals surface area contributed by atoms with Crippen molar-refractivity contribution in [3.8, 4) is 0 Å². The summed E-state index contributed by atoms with van der Waals surface area (Å²) in [7, 11) is 0. The van der Waals surface area contributed by atoms with Gasteiger partial charge in [-0.1, -0.05) is 0 Å². The summed E-state index contributed by atoms with van der Waals surface area (Å²) in [6.07, 6.45) is 7.50. The predicted octanol–water partition coefficient (Wildman–Crippen LogP) is 1.62. The molecule has 0 spiro atoms. The Balaban J connectivity index is 2.08. The monoisotopic (exact) mass is 203 g/mol. The summed E-state index contributed by atoms with van der Waals surface area (Å²) in [5.41, 5.74) is 8.77. The predicted molar refractivity (Wildman–Crippen MR) is 56.1 cm³/mol. The standard InChI is InChI=1S/C11H13N3O/c1-8-5-14-11(6-13-8)10(12)4-9-2-3-15-7-9/h2-3,5-7,10H,4,12H2,1H3. The first-order valence-corrected chi connectivity index (χ1v) is 4.81. The molecule has 2 rings (SSSR count). The van der Waals surface area contributed by atoms with Crippen LogP contribution in [-0.4, -0.2) is 9.97 Å². The third kappa shape index (κ3) is 2.41. The molecule has 2 aromatic rings. The van der Waals surface area contributed by atoms with Crippen molar-refractivity contribution in [2.75, 3.05) is 0 Å². The molecule has 0 fully saturated rings. The SMILES string of the molecule is Cc1cnc(C(N)Cc2ccoc2)cn1. The molecule has 0 saturated heterocycles. The van der Waals surface area contributed by atoms with Gasteiger partial charge in [-0.05, 0) is 25.0 Å². The van der Waals surface area contributed by atoms with Crippen molar-refractivity contribution in [2.24, 2.45) is 5.73 Å². The molecular weight excluding hydrogens is 190 g/mol. The summed E-state index contributed by atoms with van der Waals surface area (Å²) >= 11 is 0. The summed E-state index contributed by atoms with van der Waals surface area (Å²) in [5, 5.41) is 0. The van der Waals surface area contributed by atoms with Crippen molar-refractivity contribution in [1.29, 1.82) is 0 Å². The second kappa shape index (κ2) is 4.23. The Bertz CT molecular complexity index is 408. The van der Waals surface area contributed by atoms with E-state index in [0.717, 1.165) is 17.0 Å². The number of nitrogens with zero attached hydrogens (tertiary/aromatic N) is 2. The first-order valence-electron chi connectivity index (χ1n) is 4.81. The zero-order valence-corrected chi connectivity index (χ0v) is 8.55. The fourth-order valence-electron chi connectivity index (χ4n) is 1.36. The van der Waals surface area contributed by atoms with E-state index in [1.54, 1.807) is 24.9 Å². The van der Waals surface area contributed by atoms with Crippen LogP contribution in [0.4, 0.5) is 0 Å². The third-order valence-corrected chi connectivity index (χ3v) is 2.22. The van der Waals surface area contributed by atoms with E-state index in [2.05, 4.69) is 9.97 Å². The maximum absolute atomic E-state index is 5.99. The quantitative estimate of drug-likeness (QED) is 0.823. The summed E-state index contributed by atoms with van der Waals surface area (Å²) in [5.74, 6) is 0. The van der Waals surface area contributed by atoms with Crippen molar-refractivity contribution >= 4 is 0 Å². The molecule has 0 saturated carbocycles.